The normalized spacial score (nSPS) is 15.8. The van der Waals surface area contributed by atoms with E-state index in [9.17, 15) is 38.7 Å². The van der Waals surface area contributed by atoms with Crippen molar-refractivity contribution in [3.8, 4) is 0 Å². The first-order valence-corrected chi connectivity index (χ1v) is 23.0. The predicted octanol–water partition coefficient (Wildman–Crippen LogP) is 7.05. The molecule has 5 N–H and O–H groups in total. The van der Waals surface area contributed by atoms with Gasteiger partial charge in [-0.1, -0.05) is 87.9 Å². The molecular formula is C50H75N5O10. The first kappa shape index (κ1) is 54.0. The number of nitrogens with one attached hydrogen (secondary N) is 2. The van der Waals surface area contributed by atoms with Crippen LogP contribution in [0.5, 0.6) is 0 Å². The molecule has 2 aromatic carbocycles. The molecule has 0 radical (unpaired) electrons. The van der Waals surface area contributed by atoms with Crippen LogP contribution in [0.4, 0.5) is 9.59 Å². The molecule has 0 unspecified atom stereocenters. The summed E-state index contributed by atoms with van der Waals surface area (Å²) in [5, 5.41) is 15.4. The smallest absolute Gasteiger partial charge is 0.410 e. The van der Waals surface area contributed by atoms with Crippen molar-refractivity contribution >= 4 is 41.5 Å². The summed E-state index contributed by atoms with van der Waals surface area (Å²) in [6.45, 7) is 16.8. The number of piperidine rings is 1. The van der Waals surface area contributed by atoms with E-state index in [0.29, 0.717) is 19.3 Å². The van der Waals surface area contributed by atoms with Crippen molar-refractivity contribution in [2.24, 2.45) is 23.5 Å². The van der Waals surface area contributed by atoms with Gasteiger partial charge in [-0.15, -0.1) is 0 Å². The molecule has 1 aliphatic rings. The summed E-state index contributed by atoms with van der Waals surface area (Å²) in [5.41, 5.74) is 4.99. The Kier molecular flexibility index (Phi) is 20.6. The number of ether oxygens (including phenoxy) is 2. The Bertz CT molecular complexity index is 1880. The van der Waals surface area contributed by atoms with Gasteiger partial charge >= 0.3 is 18.2 Å². The van der Waals surface area contributed by atoms with Crippen LogP contribution in [0.25, 0.3) is 0 Å². The zero-order valence-electron chi connectivity index (χ0n) is 40.2. The quantitative estimate of drug-likeness (QED) is 0.0829. The summed E-state index contributed by atoms with van der Waals surface area (Å²) in [6.07, 6.45) is 0.269. The molecule has 65 heavy (non-hydrogen) atoms. The second-order valence-electron chi connectivity index (χ2n) is 20.1. The number of carboxylic acids is 1. The lowest BCUT2D eigenvalue weighted by Gasteiger charge is -2.38. The van der Waals surface area contributed by atoms with Crippen LogP contribution in [0.2, 0.25) is 0 Å². The summed E-state index contributed by atoms with van der Waals surface area (Å²) in [4.78, 5) is 97.5. The predicted molar refractivity (Wildman–Crippen MR) is 249 cm³/mol. The van der Waals surface area contributed by atoms with E-state index in [2.05, 4.69) is 10.6 Å². The maximum absolute atomic E-state index is 14.4. The number of hydrogen-bond acceptors (Lipinski definition) is 10. The van der Waals surface area contributed by atoms with Crippen molar-refractivity contribution in [1.29, 1.82) is 0 Å². The van der Waals surface area contributed by atoms with Gasteiger partial charge in [-0.3, -0.25) is 24.0 Å². The fourth-order valence-corrected chi connectivity index (χ4v) is 7.80. The SMILES string of the molecule is CC(C)C[C@@H](NC(=O)[C@H](CC(=O)CN(C[C@H](C)c1ccccc1)C(=O)OC(C)(C)C)Cc1ccccc1)C(=O)C[C@H](CCCCNC(=O)OC(C)(C)C)C(=O)N1CCC(N)(C(=O)O)CC1. The molecule has 1 fully saturated rings. The number of nitrogens with zero attached hydrogens (tertiary/aromatic N) is 2. The van der Waals surface area contributed by atoms with Gasteiger partial charge in [-0.2, -0.15) is 0 Å². The first-order chi connectivity index (χ1) is 30.4. The molecule has 360 valence electrons. The Hall–Kier alpha value is -5.31. The van der Waals surface area contributed by atoms with Gasteiger partial charge in [0, 0.05) is 50.9 Å². The number of rotatable bonds is 23. The van der Waals surface area contributed by atoms with Gasteiger partial charge < -0.3 is 40.7 Å². The minimum atomic E-state index is -1.45. The van der Waals surface area contributed by atoms with Crippen LogP contribution < -0.4 is 16.4 Å². The largest absolute Gasteiger partial charge is 0.480 e. The number of carboxylic acid groups (broad SMARTS) is 1. The van der Waals surface area contributed by atoms with Crippen LogP contribution in [-0.4, -0.2) is 112 Å². The summed E-state index contributed by atoms with van der Waals surface area (Å²) >= 11 is 0. The van der Waals surface area contributed by atoms with E-state index in [0.717, 1.165) is 11.1 Å². The molecule has 4 atom stereocenters. The molecule has 0 aliphatic carbocycles. The summed E-state index contributed by atoms with van der Waals surface area (Å²) in [7, 11) is 0. The molecule has 0 spiro atoms. The van der Waals surface area contributed by atoms with Crippen molar-refractivity contribution in [2.45, 2.75) is 149 Å². The number of hydrogen-bond donors (Lipinski definition) is 4. The minimum Gasteiger partial charge on any atom is -0.480 e. The average Bonchev–Trinajstić information content (AvgIpc) is 3.21. The van der Waals surface area contributed by atoms with Crippen LogP contribution in [0, 0.1) is 17.8 Å². The zero-order chi connectivity index (χ0) is 48.5. The zero-order valence-corrected chi connectivity index (χ0v) is 40.2. The highest BCUT2D eigenvalue weighted by atomic mass is 16.6. The van der Waals surface area contributed by atoms with Gasteiger partial charge in [-0.05, 0) is 103 Å². The summed E-state index contributed by atoms with van der Waals surface area (Å²) in [6, 6.07) is 17.9. The van der Waals surface area contributed by atoms with E-state index in [4.69, 9.17) is 15.2 Å². The monoisotopic (exact) mass is 906 g/mol. The number of carbonyl (C=O) groups excluding carboxylic acids is 6. The van der Waals surface area contributed by atoms with Crippen LogP contribution >= 0.6 is 0 Å². The molecule has 3 rings (SSSR count). The van der Waals surface area contributed by atoms with E-state index in [1.165, 1.54) is 4.90 Å². The van der Waals surface area contributed by atoms with Crippen molar-refractivity contribution in [2.75, 3.05) is 32.7 Å². The van der Waals surface area contributed by atoms with E-state index in [1.807, 2.05) is 81.4 Å². The second kappa shape index (κ2) is 24.8. The van der Waals surface area contributed by atoms with E-state index in [-0.39, 0.29) is 101 Å². The second-order valence-corrected chi connectivity index (χ2v) is 20.1. The van der Waals surface area contributed by atoms with Crippen molar-refractivity contribution in [3.05, 3.63) is 71.8 Å². The standard InChI is InChI=1S/C50H75N5O10/c1-34(2)28-41(42(57)31-38(22-16-17-25-52-46(62)64-48(4,5)6)44(59)54-26-23-50(51,24-27-54)45(60)61)53-43(58)39(29-36-18-12-10-13-19-36)30-40(56)33-55(47(63)65-49(7,8)9)32-35(3)37-20-14-11-15-21-37/h10-15,18-21,34-35,38-39,41H,16-17,22-33,51H2,1-9H3,(H,52,62)(H,53,58)(H,60,61)/t35-,38-,39-,41+/m0/s1. The summed E-state index contributed by atoms with van der Waals surface area (Å²) in [5.74, 6) is -4.46. The molecule has 15 nitrogen and oxygen atoms in total. The molecule has 4 amide bonds. The lowest BCUT2D eigenvalue weighted by molar-refractivity contribution is -0.149. The van der Waals surface area contributed by atoms with Gasteiger partial charge in [0.1, 0.15) is 16.7 Å². The number of Topliss-reactive ketones (excluding diaryl/α,β-unsaturated/α-hetero) is 2. The number of nitrogens with two attached hydrogens (primary N) is 1. The number of ketones is 2. The Morgan fingerprint density at radius 1 is 0.815 bits per heavy atom. The number of unbranched alkanes of at least 4 members (excludes halogenated alkanes) is 1. The van der Waals surface area contributed by atoms with E-state index < -0.39 is 58.7 Å². The van der Waals surface area contributed by atoms with E-state index in [1.54, 1.807) is 46.4 Å². The highest BCUT2D eigenvalue weighted by molar-refractivity contribution is 5.95. The number of carbonyl (C=O) groups is 7. The van der Waals surface area contributed by atoms with Crippen molar-refractivity contribution in [1.82, 2.24) is 20.4 Å². The molecule has 0 saturated carbocycles. The van der Waals surface area contributed by atoms with Gasteiger partial charge in [0.15, 0.2) is 11.6 Å². The highest BCUT2D eigenvalue weighted by Gasteiger charge is 2.41. The number of alkyl carbamates (subject to hydrolysis) is 1. The van der Waals surface area contributed by atoms with Crippen LogP contribution in [0.15, 0.2) is 60.7 Å². The fourth-order valence-electron chi connectivity index (χ4n) is 7.80. The number of aliphatic carboxylic acids is 1. The third-order valence-corrected chi connectivity index (χ3v) is 11.3. The Balaban J connectivity index is 1.84. The molecule has 1 saturated heterocycles. The van der Waals surface area contributed by atoms with Crippen LogP contribution in [0.3, 0.4) is 0 Å². The van der Waals surface area contributed by atoms with Gasteiger partial charge in [0.2, 0.25) is 11.8 Å². The molecular weight excluding hydrogens is 831 g/mol. The molecule has 0 aromatic heterocycles. The summed E-state index contributed by atoms with van der Waals surface area (Å²) < 4.78 is 11.0. The molecule has 15 heteroatoms. The Morgan fingerprint density at radius 2 is 1.40 bits per heavy atom. The Labute approximate surface area is 385 Å². The minimum absolute atomic E-state index is 0.0312. The molecule has 1 aliphatic heterocycles. The number of amides is 4. The van der Waals surface area contributed by atoms with Crippen molar-refractivity contribution < 1.29 is 48.1 Å². The van der Waals surface area contributed by atoms with Crippen LogP contribution in [-0.2, 0) is 39.9 Å². The third kappa shape index (κ3) is 19.4. The Morgan fingerprint density at radius 3 is 1.95 bits per heavy atom. The molecule has 2 aromatic rings. The topological polar surface area (TPSA) is 215 Å². The maximum Gasteiger partial charge on any atom is 0.410 e. The number of benzene rings is 2. The van der Waals surface area contributed by atoms with Gasteiger partial charge in [0.05, 0.1) is 12.6 Å². The maximum atomic E-state index is 14.4. The number of likely N-dealkylation sites (tertiary alicyclic amines) is 1. The van der Waals surface area contributed by atoms with Gasteiger partial charge in [-0.25, -0.2) is 9.59 Å². The molecule has 1 heterocycles. The molecule has 0 bridgehead atoms. The average molecular weight is 906 g/mol. The lowest BCUT2D eigenvalue weighted by Crippen LogP contribution is -2.57. The fraction of sp³-hybridized carbons (Fsp3) is 0.620. The van der Waals surface area contributed by atoms with Gasteiger partial charge in [0.25, 0.3) is 0 Å². The van der Waals surface area contributed by atoms with E-state index >= 15 is 0 Å². The lowest BCUT2D eigenvalue weighted by atomic mass is 9.86. The third-order valence-electron chi connectivity index (χ3n) is 11.3. The highest BCUT2D eigenvalue weighted by Crippen LogP contribution is 2.26. The van der Waals surface area contributed by atoms with Crippen LogP contribution in [0.1, 0.15) is 131 Å². The first-order valence-electron chi connectivity index (χ1n) is 23.0. The van der Waals surface area contributed by atoms with Crippen molar-refractivity contribution in [3.63, 3.8) is 0 Å².